The maximum Gasteiger partial charge on any atom is 0.241 e. The molecule has 0 fully saturated rings. The minimum absolute atomic E-state index is 0.0403. The normalized spacial score (nSPS) is 17.0. The number of ether oxygens (including phenoxy) is 2. The van der Waals surface area contributed by atoms with Crippen molar-refractivity contribution in [2.75, 3.05) is 31.8 Å². The number of rotatable bonds is 6. The van der Waals surface area contributed by atoms with Crippen molar-refractivity contribution in [3.05, 3.63) is 48.5 Å². The number of para-hydroxylation sites is 2. The second-order valence-electron chi connectivity index (χ2n) is 6.33. The molecule has 0 spiro atoms. The number of amides is 1. The number of likely N-dealkylation sites (N-methyl/N-ethyl adjacent to an activating group) is 1. The highest BCUT2D eigenvalue weighted by Crippen LogP contribution is 2.31. The minimum atomic E-state index is -0.281. The van der Waals surface area contributed by atoms with Gasteiger partial charge in [-0.2, -0.15) is 0 Å². The number of carbonyl (C=O) groups excluding carboxylic acids is 1. The summed E-state index contributed by atoms with van der Waals surface area (Å²) < 4.78 is 11.7. The zero-order chi connectivity index (χ0) is 18.5. The number of hydrogen-bond acceptors (Lipinski definition) is 5. The van der Waals surface area contributed by atoms with Crippen LogP contribution in [0.15, 0.2) is 53.4 Å². The summed E-state index contributed by atoms with van der Waals surface area (Å²) >= 11 is 1.68. The molecule has 26 heavy (non-hydrogen) atoms. The monoisotopic (exact) mass is 372 g/mol. The second-order valence-corrected chi connectivity index (χ2v) is 7.21. The summed E-state index contributed by atoms with van der Waals surface area (Å²) in [6.45, 7) is 2.98. The predicted molar refractivity (Wildman–Crippen MR) is 105 cm³/mol. The summed E-state index contributed by atoms with van der Waals surface area (Å²) in [6.07, 6.45) is 1.92. The Hall–Kier alpha value is -2.18. The molecule has 0 aromatic heterocycles. The van der Waals surface area contributed by atoms with Gasteiger partial charge >= 0.3 is 0 Å². The first kappa shape index (κ1) is 18.6. The highest BCUT2D eigenvalue weighted by atomic mass is 32.2. The van der Waals surface area contributed by atoms with E-state index < -0.39 is 0 Å². The number of benzene rings is 2. The van der Waals surface area contributed by atoms with E-state index in [1.807, 2.05) is 73.7 Å². The van der Waals surface area contributed by atoms with E-state index in [4.69, 9.17) is 9.47 Å². The Morgan fingerprint density at radius 1 is 1.23 bits per heavy atom. The van der Waals surface area contributed by atoms with Crippen LogP contribution >= 0.6 is 11.8 Å². The zero-order valence-electron chi connectivity index (χ0n) is 15.3. The molecule has 138 valence electrons. The Bertz CT molecular complexity index is 751. The summed E-state index contributed by atoms with van der Waals surface area (Å²) in [4.78, 5) is 15.7. The van der Waals surface area contributed by atoms with Gasteiger partial charge in [0, 0.05) is 17.1 Å². The van der Waals surface area contributed by atoms with Crippen molar-refractivity contribution in [1.82, 2.24) is 4.90 Å². The molecule has 1 heterocycles. The summed E-state index contributed by atoms with van der Waals surface area (Å²) in [5, 5.41) is 2.96. The third-order valence-corrected chi connectivity index (χ3v) is 5.20. The average molecular weight is 372 g/mol. The lowest BCUT2D eigenvalue weighted by molar-refractivity contribution is -0.120. The SMILES string of the molecule is CSc1ccc(NC(=O)C(C)N(C)CC2COc3ccccc3O2)cc1. The van der Waals surface area contributed by atoms with Crippen molar-refractivity contribution in [1.29, 1.82) is 0 Å². The van der Waals surface area contributed by atoms with Crippen LogP contribution in [0.4, 0.5) is 5.69 Å². The quantitative estimate of drug-likeness (QED) is 0.787. The molecular weight excluding hydrogens is 348 g/mol. The maximum atomic E-state index is 12.5. The first-order valence-electron chi connectivity index (χ1n) is 8.60. The Morgan fingerprint density at radius 3 is 2.62 bits per heavy atom. The molecule has 2 aromatic rings. The van der Waals surface area contributed by atoms with E-state index in [9.17, 15) is 4.79 Å². The van der Waals surface area contributed by atoms with Crippen LogP contribution < -0.4 is 14.8 Å². The predicted octanol–water partition coefficient (Wildman–Crippen LogP) is 3.51. The number of anilines is 1. The zero-order valence-corrected chi connectivity index (χ0v) is 16.1. The summed E-state index contributed by atoms with van der Waals surface area (Å²) in [5.41, 5.74) is 0.805. The summed E-state index contributed by atoms with van der Waals surface area (Å²) in [6, 6.07) is 15.2. The fourth-order valence-electron chi connectivity index (χ4n) is 2.75. The molecule has 5 nitrogen and oxygen atoms in total. The molecule has 0 bridgehead atoms. The van der Waals surface area contributed by atoms with Gasteiger partial charge in [0.1, 0.15) is 12.7 Å². The smallest absolute Gasteiger partial charge is 0.241 e. The third kappa shape index (κ3) is 4.51. The minimum Gasteiger partial charge on any atom is -0.486 e. The fourth-order valence-corrected chi connectivity index (χ4v) is 3.16. The van der Waals surface area contributed by atoms with E-state index in [2.05, 4.69) is 5.32 Å². The Balaban J connectivity index is 1.53. The van der Waals surface area contributed by atoms with Gasteiger partial charge in [-0.15, -0.1) is 11.8 Å². The summed E-state index contributed by atoms with van der Waals surface area (Å²) in [5.74, 6) is 1.48. The molecule has 0 saturated heterocycles. The molecule has 0 aliphatic carbocycles. The van der Waals surface area contributed by atoms with Crippen molar-refractivity contribution in [3.63, 3.8) is 0 Å². The van der Waals surface area contributed by atoms with Gasteiger partial charge in [-0.25, -0.2) is 0 Å². The van der Waals surface area contributed by atoms with Crippen LogP contribution in [0.2, 0.25) is 0 Å². The van der Waals surface area contributed by atoms with Crippen molar-refractivity contribution in [3.8, 4) is 11.5 Å². The number of thioether (sulfide) groups is 1. The molecule has 1 amide bonds. The van der Waals surface area contributed by atoms with Crippen LogP contribution in [-0.2, 0) is 4.79 Å². The molecule has 1 aliphatic heterocycles. The third-order valence-electron chi connectivity index (χ3n) is 4.46. The molecule has 0 radical (unpaired) electrons. The van der Waals surface area contributed by atoms with Gasteiger partial charge in [-0.3, -0.25) is 9.69 Å². The molecule has 2 aromatic carbocycles. The van der Waals surface area contributed by atoms with Gasteiger partial charge in [0.05, 0.1) is 6.04 Å². The van der Waals surface area contributed by atoms with Gasteiger partial charge in [0.25, 0.3) is 0 Å². The van der Waals surface area contributed by atoms with E-state index in [1.165, 1.54) is 4.90 Å². The lowest BCUT2D eigenvalue weighted by Gasteiger charge is -2.31. The van der Waals surface area contributed by atoms with E-state index >= 15 is 0 Å². The van der Waals surface area contributed by atoms with Crippen molar-refractivity contribution in [2.24, 2.45) is 0 Å². The van der Waals surface area contributed by atoms with Crippen LogP contribution in [-0.4, -0.2) is 49.4 Å². The largest absolute Gasteiger partial charge is 0.486 e. The van der Waals surface area contributed by atoms with Crippen LogP contribution in [0.1, 0.15) is 6.92 Å². The average Bonchev–Trinajstić information content (AvgIpc) is 2.67. The number of fused-ring (bicyclic) bond motifs is 1. The second kappa shape index (κ2) is 8.47. The molecule has 2 atom stereocenters. The summed E-state index contributed by atoms with van der Waals surface area (Å²) in [7, 11) is 1.92. The molecule has 1 N–H and O–H groups in total. The lowest BCUT2D eigenvalue weighted by Crippen LogP contribution is -2.46. The number of carbonyl (C=O) groups is 1. The molecule has 0 saturated carbocycles. The van der Waals surface area contributed by atoms with Crippen LogP contribution in [0.3, 0.4) is 0 Å². The van der Waals surface area contributed by atoms with Crippen molar-refractivity contribution < 1.29 is 14.3 Å². The molecule has 1 aliphatic rings. The van der Waals surface area contributed by atoms with Crippen molar-refractivity contribution in [2.45, 2.75) is 24.0 Å². The topological polar surface area (TPSA) is 50.8 Å². The highest BCUT2D eigenvalue weighted by molar-refractivity contribution is 7.98. The number of nitrogens with one attached hydrogen (secondary N) is 1. The van der Waals surface area contributed by atoms with E-state index in [-0.39, 0.29) is 18.1 Å². The standard InChI is InChI=1S/C20H24N2O3S/c1-14(20(23)21-15-8-10-17(26-3)11-9-15)22(2)12-16-13-24-18-6-4-5-7-19(18)25-16/h4-11,14,16H,12-13H2,1-3H3,(H,21,23). The first-order valence-corrected chi connectivity index (χ1v) is 9.83. The van der Waals surface area contributed by atoms with Crippen LogP contribution in [0.5, 0.6) is 11.5 Å². The Morgan fingerprint density at radius 2 is 1.92 bits per heavy atom. The molecule has 2 unspecified atom stereocenters. The first-order chi connectivity index (χ1) is 12.6. The van der Waals surface area contributed by atoms with Crippen molar-refractivity contribution >= 4 is 23.4 Å². The molecule has 6 heteroatoms. The van der Waals surface area contributed by atoms with Gasteiger partial charge in [-0.1, -0.05) is 12.1 Å². The molecule has 3 rings (SSSR count). The van der Waals surface area contributed by atoms with Gasteiger partial charge in [-0.05, 0) is 56.6 Å². The van der Waals surface area contributed by atoms with Gasteiger partial charge in [0.2, 0.25) is 5.91 Å². The van der Waals surface area contributed by atoms with E-state index in [0.29, 0.717) is 13.2 Å². The lowest BCUT2D eigenvalue weighted by atomic mass is 10.2. The van der Waals surface area contributed by atoms with Crippen LogP contribution in [0, 0.1) is 0 Å². The number of hydrogen-bond donors (Lipinski definition) is 1. The molecular formula is C20H24N2O3S. The van der Waals surface area contributed by atoms with Gasteiger partial charge < -0.3 is 14.8 Å². The Kier molecular flexibility index (Phi) is 6.06. The van der Waals surface area contributed by atoms with Crippen LogP contribution in [0.25, 0.3) is 0 Å². The maximum absolute atomic E-state index is 12.5. The van der Waals surface area contributed by atoms with E-state index in [0.717, 1.165) is 17.2 Å². The highest BCUT2D eigenvalue weighted by Gasteiger charge is 2.26. The fraction of sp³-hybridized carbons (Fsp3) is 0.350. The Labute approximate surface area is 158 Å². The number of nitrogens with zero attached hydrogens (tertiary/aromatic N) is 1. The van der Waals surface area contributed by atoms with Gasteiger partial charge in [0.15, 0.2) is 11.5 Å². The van der Waals surface area contributed by atoms with E-state index in [1.54, 1.807) is 11.8 Å².